The summed E-state index contributed by atoms with van der Waals surface area (Å²) in [5, 5.41) is 0. The van der Waals surface area contributed by atoms with E-state index in [4.69, 9.17) is 10.5 Å². The molecule has 0 amide bonds. The fourth-order valence-electron chi connectivity index (χ4n) is 2.34. The Morgan fingerprint density at radius 2 is 2.38 bits per heavy atom. The lowest BCUT2D eigenvalue weighted by molar-refractivity contribution is -0.123. The van der Waals surface area contributed by atoms with Gasteiger partial charge in [0.25, 0.3) is 0 Å². The quantitative estimate of drug-likeness (QED) is 0.692. The molecule has 0 aromatic carbocycles. The maximum Gasteiger partial charge on any atom is 0.137 e. The molecule has 16 heavy (non-hydrogen) atoms. The van der Waals surface area contributed by atoms with Crippen molar-refractivity contribution in [2.75, 3.05) is 13.2 Å². The van der Waals surface area contributed by atoms with E-state index in [0.717, 1.165) is 32.3 Å². The summed E-state index contributed by atoms with van der Waals surface area (Å²) in [7, 11) is 0. The van der Waals surface area contributed by atoms with Gasteiger partial charge in [-0.15, -0.1) is 0 Å². The van der Waals surface area contributed by atoms with Crippen LogP contribution in [0.1, 0.15) is 51.9 Å². The van der Waals surface area contributed by atoms with Crippen LogP contribution in [-0.4, -0.2) is 25.0 Å². The van der Waals surface area contributed by atoms with Crippen molar-refractivity contribution >= 4 is 5.78 Å². The molecule has 1 fully saturated rings. The molecule has 1 rings (SSSR count). The Labute approximate surface area is 98.7 Å². The minimum absolute atomic E-state index is 0.0921. The van der Waals surface area contributed by atoms with Gasteiger partial charge < -0.3 is 10.5 Å². The van der Waals surface area contributed by atoms with Crippen LogP contribution in [0.15, 0.2) is 0 Å². The summed E-state index contributed by atoms with van der Waals surface area (Å²) in [5.74, 6) is 0.442. The van der Waals surface area contributed by atoms with Crippen LogP contribution in [0.25, 0.3) is 0 Å². The molecule has 0 bridgehead atoms. The maximum absolute atomic E-state index is 11.8. The molecular weight excluding hydrogens is 202 g/mol. The van der Waals surface area contributed by atoms with E-state index in [-0.39, 0.29) is 5.92 Å². The topological polar surface area (TPSA) is 52.3 Å². The fourth-order valence-corrected chi connectivity index (χ4v) is 2.34. The number of nitrogens with two attached hydrogens (primary N) is 1. The van der Waals surface area contributed by atoms with E-state index in [1.807, 2.05) is 0 Å². The first kappa shape index (κ1) is 13.7. The molecule has 3 nitrogen and oxygen atoms in total. The van der Waals surface area contributed by atoms with Crippen LogP contribution in [0.2, 0.25) is 0 Å². The first-order chi connectivity index (χ1) is 7.77. The Morgan fingerprint density at radius 1 is 1.56 bits per heavy atom. The van der Waals surface area contributed by atoms with Gasteiger partial charge in [-0.25, -0.2) is 0 Å². The van der Waals surface area contributed by atoms with Crippen molar-refractivity contribution in [2.45, 2.75) is 58.0 Å². The molecular formula is C13H25NO2. The summed E-state index contributed by atoms with van der Waals surface area (Å²) in [6.45, 7) is 3.51. The second kappa shape index (κ2) is 7.80. The molecule has 0 aromatic heterocycles. The summed E-state index contributed by atoms with van der Waals surface area (Å²) in [4.78, 5) is 11.8. The highest BCUT2D eigenvalue weighted by Gasteiger charge is 2.18. The predicted molar refractivity (Wildman–Crippen MR) is 65.3 cm³/mol. The first-order valence-electron chi connectivity index (χ1n) is 6.62. The standard InChI is InChI=1S/C13H25NO2/c1-2-5-11(10-14)13(15)8-3-6-12-7-4-9-16-12/h11-12H,2-10,14H2,1H3. The molecule has 0 radical (unpaired) electrons. The molecule has 2 unspecified atom stereocenters. The number of rotatable bonds is 8. The average Bonchev–Trinajstić information content (AvgIpc) is 2.78. The Morgan fingerprint density at radius 3 is 2.94 bits per heavy atom. The molecule has 2 N–H and O–H groups in total. The number of carbonyl (C=O) groups excluding carboxylic acids is 1. The molecule has 1 heterocycles. The molecule has 94 valence electrons. The zero-order chi connectivity index (χ0) is 11.8. The van der Waals surface area contributed by atoms with Crippen molar-refractivity contribution in [1.29, 1.82) is 0 Å². The van der Waals surface area contributed by atoms with Gasteiger partial charge in [-0.1, -0.05) is 13.3 Å². The van der Waals surface area contributed by atoms with Crippen LogP contribution < -0.4 is 5.73 Å². The zero-order valence-electron chi connectivity index (χ0n) is 10.4. The van der Waals surface area contributed by atoms with Crippen molar-refractivity contribution in [3.63, 3.8) is 0 Å². The van der Waals surface area contributed by atoms with Gasteiger partial charge in [0.15, 0.2) is 0 Å². The third-order valence-electron chi connectivity index (χ3n) is 3.35. The number of ketones is 1. The van der Waals surface area contributed by atoms with Gasteiger partial charge in [-0.3, -0.25) is 4.79 Å². The molecule has 1 saturated heterocycles. The molecule has 0 aromatic rings. The minimum Gasteiger partial charge on any atom is -0.378 e. The third-order valence-corrected chi connectivity index (χ3v) is 3.35. The Bertz CT molecular complexity index is 200. The number of hydrogen-bond acceptors (Lipinski definition) is 3. The normalized spacial score (nSPS) is 22.2. The van der Waals surface area contributed by atoms with E-state index in [1.54, 1.807) is 0 Å². The van der Waals surface area contributed by atoms with Crippen LogP contribution in [0.4, 0.5) is 0 Å². The average molecular weight is 227 g/mol. The fraction of sp³-hybridized carbons (Fsp3) is 0.923. The van der Waals surface area contributed by atoms with E-state index >= 15 is 0 Å². The molecule has 0 spiro atoms. The highest BCUT2D eigenvalue weighted by Crippen LogP contribution is 2.19. The number of hydrogen-bond donors (Lipinski definition) is 1. The van der Waals surface area contributed by atoms with Crippen molar-refractivity contribution < 1.29 is 9.53 Å². The Balaban J connectivity index is 2.12. The highest BCUT2D eigenvalue weighted by atomic mass is 16.5. The van der Waals surface area contributed by atoms with Gasteiger partial charge in [0.2, 0.25) is 0 Å². The van der Waals surface area contributed by atoms with Crippen LogP contribution in [0.5, 0.6) is 0 Å². The van der Waals surface area contributed by atoms with Crippen LogP contribution >= 0.6 is 0 Å². The lowest BCUT2D eigenvalue weighted by atomic mass is 9.94. The van der Waals surface area contributed by atoms with Gasteiger partial charge in [-0.05, 0) is 32.1 Å². The predicted octanol–water partition coefficient (Wildman–Crippen LogP) is 2.28. The number of ether oxygens (including phenoxy) is 1. The number of carbonyl (C=O) groups is 1. The van der Waals surface area contributed by atoms with Crippen LogP contribution in [0.3, 0.4) is 0 Å². The SMILES string of the molecule is CCCC(CN)C(=O)CCCC1CCCO1. The molecule has 2 atom stereocenters. The first-order valence-corrected chi connectivity index (χ1v) is 6.62. The van der Waals surface area contributed by atoms with Crippen molar-refractivity contribution in [3.05, 3.63) is 0 Å². The molecule has 0 aliphatic carbocycles. The van der Waals surface area contributed by atoms with E-state index in [1.165, 1.54) is 12.8 Å². The molecule has 1 aliphatic heterocycles. The Hall–Kier alpha value is -0.410. The highest BCUT2D eigenvalue weighted by molar-refractivity contribution is 5.81. The van der Waals surface area contributed by atoms with Crippen molar-refractivity contribution in [1.82, 2.24) is 0 Å². The summed E-state index contributed by atoms with van der Waals surface area (Å²) in [5.41, 5.74) is 5.61. The third kappa shape index (κ3) is 4.62. The smallest absolute Gasteiger partial charge is 0.137 e. The molecule has 0 saturated carbocycles. The van der Waals surface area contributed by atoms with E-state index in [0.29, 0.717) is 24.9 Å². The van der Waals surface area contributed by atoms with Crippen molar-refractivity contribution in [3.8, 4) is 0 Å². The monoisotopic (exact) mass is 227 g/mol. The molecule has 3 heteroatoms. The largest absolute Gasteiger partial charge is 0.378 e. The maximum atomic E-state index is 11.8. The minimum atomic E-state index is 0.0921. The lowest BCUT2D eigenvalue weighted by Gasteiger charge is -2.13. The van der Waals surface area contributed by atoms with Gasteiger partial charge in [0.05, 0.1) is 6.10 Å². The number of Topliss-reactive ketones (excluding diaryl/α,β-unsaturated/α-hetero) is 1. The summed E-state index contributed by atoms with van der Waals surface area (Å²) < 4.78 is 5.53. The zero-order valence-corrected chi connectivity index (χ0v) is 10.4. The van der Waals surface area contributed by atoms with Crippen LogP contribution in [-0.2, 0) is 9.53 Å². The summed E-state index contributed by atoms with van der Waals surface area (Å²) in [6.07, 6.45) is 7.42. The van der Waals surface area contributed by atoms with E-state index in [9.17, 15) is 4.79 Å². The van der Waals surface area contributed by atoms with Gasteiger partial charge >= 0.3 is 0 Å². The van der Waals surface area contributed by atoms with Gasteiger partial charge in [0, 0.05) is 25.5 Å². The van der Waals surface area contributed by atoms with E-state index in [2.05, 4.69) is 6.92 Å². The van der Waals surface area contributed by atoms with Gasteiger partial charge in [-0.2, -0.15) is 0 Å². The van der Waals surface area contributed by atoms with Crippen LogP contribution in [0, 0.1) is 5.92 Å². The molecule has 1 aliphatic rings. The summed E-state index contributed by atoms with van der Waals surface area (Å²) in [6, 6.07) is 0. The van der Waals surface area contributed by atoms with Crippen molar-refractivity contribution in [2.24, 2.45) is 11.7 Å². The second-order valence-corrected chi connectivity index (χ2v) is 4.71. The lowest BCUT2D eigenvalue weighted by Crippen LogP contribution is -2.23. The Kier molecular flexibility index (Phi) is 6.65. The summed E-state index contributed by atoms with van der Waals surface area (Å²) >= 11 is 0. The van der Waals surface area contributed by atoms with E-state index < -0.39 is 0 Å². The second-order valence-electron chi connectivity index (χ2n) is 4.71. The van der Waals surface area contributed by atoms with Gasteiger partial charge in [0.1, 0.15) is 5.78 Å².